The van der Waals surface area contributed by atoms with Crippen LogP contribution in [-0.4, -0.2) is 11.1 Å². The van der Waals surface area contributed by atoms with Crippen molar-refractivity contribution >= 4 is 45.9 Å². The van der Waals surface area contributed by atoms with Crippen molar-refractivity contribution < 1.29 is 9.32 Å². The van der Waals surface area contributed by atoms with Crippen LogP contribution in [0.5, 0.6) is 0 Å². The molecule has 2 aromatic rings. The SMILES string of the molecule is O=C(Nc1ccon1)c1cc(Cl)ccc1I. The van der Waals surface area contributed by atoms with Gasteiger partial charge < -0.3 is 9.84 Å². The molecule has 0 aliphatic rings. The average molecular weight is 349 g/mol. The highest BCUT2D eigenvalue weighted by atomic mass is 127. The fourth-order valence-electron chi connectivity index (χ4n) is 1.13. The van der Waals surface area contributed by atoms with Crippen LogP contribution in [0, 0.1) is 3.57 Å². The minimum atomic E-state index is -0.263. The number of anilines is 1. The van der Waals surface area contributed by atoms with Gasteiger partial charge in [-0.05, 0) is 40.8 Å². The molecule has 0 bridgehead atoms. The summed E-state index contributed by atoms with van der Waals surface area (Å²) in [5.74, 6) is 0.113. The normalized spacial score (nSPS) is 10.1. The lowest BCUT2D eigenvalue weighted by Crippen LogP contribution is -2.13. The molecule has 1 amide bonds. The molecule has 1 heterocycles. The molecule has 0 saturated carbocycles. The van der Waals surface area contributed by atoms with Crippen LogP contribution in [0.15, 0.2) is 35.1 Å². The number of halogens is 2. The van der Waals surface area contributed by atoms with Crippen LogP contribution in [0.3, 0.4) is 0 Å². The number of amides is 1. The van der Waals surface area contributed by atoms with Gasteiger partial charge in [0.25, 0.3) is 5.91 Å². The van der Waals surface area contributed by atoms with Gasteiger partial charge in [-0.3, -0.25) is 4.79 Å². The maximum atomic E-state index is 11.8. The monoisotopic (exact) mass is 348 g/mol. The molecule has 0 radical (unpaired) electrons. The molecule has 6 heteroatoms. The van der Waals surface area contributed by atoms with Crippen molar-refractivity contribution in [3.8, 4) is 0 Å². The zero-order valence-corrected chi connectivity index (χ0v) is 10.8. The molecule has 0 saturated heterocycles. The minimum Gasteiger partial charge on any atom is -0.363 e. The molecule has 1 aromatic heterocycles. The van der Waals surface area contributed by atoms with Gasteiger partial charge in [0.05, 0.1) is 5.56 Å². The van der Waals surface area contributed by atoms with Crippen molar-refractivity contribution in [3.63, 3.8) is 0 Å². The third-order valence-electron chi connectivity index (χ3n) is 1.85. The first-order valence-corrected chi connectivity index (χ1v) is 5.79. The average Bonchev–Trinajstić information content (AvgIpc) is 2.74. The van der Waals surface area contributed by atoms with Gasteiger partial charge in [0.2, 0.25) is 0 Å². The van der Waals surface area contributed by atoms with Gasteiger partial charge in [0.15, 0.2) is 5.82 Å². The van der Waals surface area contributed by atoms with E-state index in [1.54, 1.807) is 24.3 Å². The third-order valence-corrected chi connectivity index (χ3v) is 3.03. The fourth-order valence-corrected chi connectivity index (χ4v) is 1.88. The first-order chi connectivity index (χ1) is 7.66. The smallest absolute Gasteiger partial charge is 0.258 e. The molecule has 82 valence electrons. The van der Waals surface area contributed by atoms with Crippen molar-refractivity contribution in [2.45, 2.75) is 0 Å². The van der Waals surface area contributed by atoms with Crippen LogP contribution < -0.4 is 5.32 Å². The van der Waals surface area contributed by atoms with Gasteiger partial charge in [0.1, 0.15) is 6.26 Å². The van der Waals surface area contributed by atoms with Crippen LogP contribution in [0.25, 0.3) is 0 Å². The van der Waals surface area contributed by atoms with E-state index in [2.05, 4.69) is 37.6 Å². The van der Waals surface area contributed by atoms with Crippen LogP contribution >= 0.6 is 34.2 Å². The number of nitrogens with zero attached hydrogens (tertiary/aromatic N) is 1. The largest absolute Gasteiger partial charge is 0.363 e. The number of nitrogens with one attached hydrogen (secondary N) is 1. The van der Waals surface area contributed by atoms with Crippen LogP contribution in [0.4, 0.5) is 5.82 Å². The fraction of sp³-hybridized carbons (Fsp3) is 0. The van der Waals surface area contributed by atoms with E-state index in [1.165, 1.54) is 6.26 Å². The number of hydrogen-bond acceptors (Lipinski definition) is 3. The standard InChI is InChI=1S/C10H6ClIN2O2/c11-6-1-2-8(12)7(5-6)10(15)13-9-3-4-16-14-9/h1-5H,(H,13,14,15). The molecule has 1 aromatic carbocycles. The van der Waals surface area contributed by atoms with Crippen molar-refractivity contribution in [2.24, 2.45) is 0 Å². The number of rotatable bonds is 2. The highest BCUT2D eigenvalue weighted by Crippen LogP contribution is 2.19. The number of hydrogen-bond donors (Lipinski definition) is 1. The summed E-state index contributed by atoms with van der Waals surface area (Å²) in [6.07, 6.45) is 1.39. The van der Waals surface area contributed by atoms with Gasteiger partial charge in [0, 0.05) is 14.7 Å². The summed E-state index contributed by atoms with van der Waals surface area (Å²) >= 11 is 7.90. The van der Waals surface area contributed by atoms with Gasteiger partial charge in [-0.2, -0.15) is 0 Å². The number of benzene rings is 1. The highest BCUT2D eigenvalue weighted by molar-refractivity contribution is 14.1. The summed E-state index contributed by atoms with van der Waals surface area (Å²) in [6, 6.07) is 6.69. The Morgan fingerprint density at radius 1 is 1.44 bits per heavy atom. The summed E-state index contributed by atoms with van der Waals surface area (Å²) in [4.78, 5) is 11.8. The van der Waals surface area contributed by atoms with E-state index in [4.69, 9.17) is 11.6 Å². The van der Waals surface area contributed by atoms with E-state index in [-0.39, 0.29) is 5.91 Å². The van der Waals surface area contributed by atoms with Crippen molar-refractivity contribution in [1.82, 2.24) is 5.16 Å². The van der Waals surface area contributed by atoms with Gasteiger partial charge in [-0.1, -0.05) is 16.8 Å². The maximum Gasteiger partial charge on any atom is 0.258 e. The van der Waals surface area contributed by atoms with Gasteiger partial charge in [-0.15, -0.1) is 0 Å². The Hall–Kier alpha value is -1.08. The lowest BCUT2D eigenvalue weighted by atomic mass is 10.2. The molecule has 0 fully saturated rings. The summed E-state index contributed by atoms with van der Waals surface area (Å²) < 4.78 is 5.43. The predicted octanol–water partition coefficient (Wildman–Crippen LogP) is 3.18. The Balaban J connectivity index is 2.24. The number of aromatic nitrogens is 1. The van der Waals surface area contributed by atoms with Crippen LogP contribution in [0.1, 0.15) is 10.4 Å². The van der Waals surface area contributed by atoms with Crippen LogP contribution in [-0.2, 0) is 0 Å². The third kappa shape index (κ3) is 2.53. The zero-order chi connectivity index (χ0) is 11.5. The molecule has 0 aliphatic heterocycles. The van der Waals surface area contributed by atoms with E-state index in [9.17, 15) is 4.79 Å². The Morgan fingerprint density at radius 2 is 2.25 bits per heavy atom. The first-order valence-electron chi connectivity index (χ1n) is 4.33. The molecule has 0 atom stereocenters. The molecule has 0 aliphatic carbocycles. The first kappa shape index (κ1) is 11.4. The Morgan fingerprint density at radius 3 is 2.94 bits per heavy atom. The molecule has 0 unspecified atom stereocenters. The second kappa shape index (κ2) is 4.84. The summed E-state index contributed by atoms with van der Waals surface area (Å²) in [5, 5.41) is 6.71. The highest BCUT2D eigenvalue weighted by Gasteiger charge is 2.11. The van der Waals surface area contributed by atoms with Crippen molar-refractivity contribution in [3.05, 3.63) is 44.7 Å². The lowest BCUT2D eigenvalue weighted by molar-refractivity contribution is 0.102. The molecule has 16 heavy (non-hydrogen) atoms. The zero-order valence-electron chi connectivity index (χ0n) is 7.91. The summed E-state index contributed by atoms with van der Waals surface area (Å²) in [7, 11) is 0. The predicted molar refractivity (Wildman–Crippen MR) is 68.6 cm³/mol. The van der Waals surface area contributed by atoms with E-state index >= 15 is 0 Å². The van der Waals surface area contributed by atoms with Gasteiger partial charge >= 0.3 is 0 Å². The molecule has 1 N–H and O–H groups in total. The molecular formula is C10H6ClIN2O2. The van der Waals surface area contributed by atoms with E-state index < -0.39 is 0 Å². The van der Waals surface area contributed by atoms with Crippen LogP contribution in [0.2, 0.25) is 5.02 Å². The number of carbonyl (C=O) groups excluding carboxylic acids is 1. The van der Waals surface area contributed by atoms with E-state index in [0.717, 1.165) is 3.57 Å². The second-order valence-electron chi connectivity index (χ2n) is 2.96. The molecule has 0 spiro atoms. The molecule has 4 nitrogen and oxygen atoms in total. The summed E-state index contributed by atoms with van der Waals surface area (Å²) in [5.41, 5.74) is 0.510. The number of carbonyl (C=O) groups is 1. The minimum absolute atomic E-state index is 0.263. The van der Waals surface area contributed by atoms with E-state index in [1.807, 2.05) is 0 Å². The quantitative estimate of drug-likeness (QED) is 0.848. The maximum absolute atomic E-state index is 11.8. The van der Waals surface area contributed by atoms with Crippen molar-refractivity contribution in [2.75, 3.05) is 5.32 Å². The topological polar surface area (TPSA) is 55.1 Å². The Labute approximate surface area is 110 Å². The lowest BCUT2D eigenvalue weighted by Gasteiger charge is -2.04. The Kier molecular flexibility index (Phi) is 3.45. The van der Waals surface area contributed by atoms with Crippen molar-refractivity contribution in [1.29, 1.82) is 0 Å². The van der Waals surface area contributed by atoms with E-state index in [0.29, 0.717) is 16.4 Å². The molecular weight excluding hydrogens is 342 g/mol. The summed E-state index contributed by atoms with van der Waals surface area (Å²) in [6.45, 7) is 0. The Bertz CT molecular complexity index is 514. The van der Waals surface area contributed by atoms with Gasteiger partial charge in [-0.25, -0.2) is 0 Å². The molecule has 2 rings (SSSR count). The second-order valence-corrected chi connectivity index (χ2v) is 4.56.